The van der Waals surface area contributed by atoms with Gasteiger partial charge in [-0.25, -0.2) is 0 Å². The Hall–Kier alpha value is -1.39. The molecule has 0 amide bonds. The highest BCUT2D eigenvalue weighted by atomic mass is 16.4. The Morgan fingerprint density at radius 1 is 1.59 bits per heavy atom. The molecule has 0 bridgehead atoms. The van der Waals surface area contributed by atoms with Gasteiger partial charge in [0.2, 0.25) is 11.8 Å². The maximum atomic E-state index is 10.5. The Bertz CT molecular complexity index is 425. The fourth-order valence-corrected chi connectivity index (χ4v) is 2.05. The molecule has 1 aromatic heterocycles. The average molecular weight is 238 g/mol. The van der Waals surface area contributed by atoms with Gasteiger partial charge in [0.1, 0.15) is 0 Å². The smallest absolute Gasteiger partial charge is 0.303 e. The first kappa shape index (κ1) is 12.1. The van der Waals surface area contributed by atoms with Crippen molar-refractivity contribution in [3.05, 3.63) is 11.8 Å². The van der Waals surface area contributed by atoms with Crippen LogP contribution >= 0.6 is 0 Å². The predicted molar refractivity (Wildman–Crippen MR) is 60.6 cm³/mol. The van der Waals surface area contributed by atoms with Gasteiger partial charge in [0.15, 0.2) is 0 Å². The largest absolute Gasteiger partial charge is 0.481 e. The molecule has 1 fully saturated rings. The van der Waals surface area contributed by atoms with E-state index in [-0.39, 0.29) is 17.8 Å². The van der Waals surface area contributed by atoms with E-state index in [1.807, 2.05) is 6.92 Å². The Morgan fingerprint density at radius 3 is 2.76 bits per heavy atom. The Morgan fingerprint density at radius 2 is 2.24 bits per heavy atom. The van der Waals surface area contributed by atoms with Crippen LogP contribution in [0.15, 0.2) is 4.42 Å². The summed E-state index contributed by atoms with van der Waals surface area (Å²) < 4.78 is 5.58. The number of aliphatic carboxylic acids is 1. The average Bonchev–Trinajstić information content (AvgIpc) is 2.62. The number of carboxylic acids is 1. The minimum Gasteiger partial charge on any atom is -0.481 e. The van der Waals surface area contributed by atoms with Crippen molar-refractivity contribution in [2.45, 2.75) is 46.0 Å². The first-order chi connectivity index (χ1) is 7.88. The van der Waals surface area contributed by atoms with Crippen LogP contribution in [0, 0.1) is 11.3 Å². The van der Waals surface area contributed by atoms with Gasteiger partial charge in [-0.2, -0.15) is 0 Å². The molecular formula is C12H18N2O3. The van der Waals surface area contributed by atoms with Crippen LogP contribution in [0.2, 0.25) is 0 Å². The molecule has 1 aliphatic rings. The van der Waals surface area contributed by atoms with Crippen LogP contribution < -0.4 is 0 Å². The van der Waals surface area contributed by atoms with E-state index in [4.69, 9.17) is 9.52 Å². The summed E-state index contributed by atoms with van der Waals surface area (Å²) in [4.78, 5) is 10.5. The molecule has 0 spiro atoms. The SMILES string of the molecule is CC(CC(=O)O)Cc1nnc(C2CC2(C)C)o1. The summed E-state index contributed by atoms with van der Waals surface area (Å²) in [6.07, 6.45) is 1.75. The van der Waals surface area contributed by atoms with E-state index < -0.39 is 5.97 Å². The third kappa shape index (κ3) is 2.84. The Balaban J connectivity index is 1.93. The standard InChI is InChI=1S/C12H18N2O3/c1-7(5-10(15)16)4-9-13-14-11(17-9)8-6-12(8,2)3/h7-8H,4-6H2,1-3H3,(H,15,16). The minimum atomic E-state index is -0.791. The molecule has 0 saturated heterocycles. The van der Waals surface area contributed by atoms with E-state index in [0.29, 0.717) is 24.1 Å². The first-order valence-electron chi connectivity index (χ1n) is 5.92. The summed E-state index contributed by atoms with van der Waals surface area (Å²) in [6.45, 7) is 6.22. The molecule has 5 heteroatoms. The highest BCUT2D eigenvalue weighted by molar-refractivity contribution is 5.66. The van der Waals surface area contributed by atoms with Crippen LogP contribution in [-0.4, -0.2) is 21.3 Å². The van der Waals surface area contributed by atoms with E-state index in [0.717, 1.165) is 6.42 Å². The van der Waals surface area contributed by atoms with E-state index in [1.54, 1.807) is 0 Å². The second-order valence-corrected chi connectivity index (χ2v) is 5.69. The lowest BCUT2D eigenvalue weighted by atomic mass is 10.0. The van der Waals surface area contributed by atoms with E-state index >= 15 is 0 Å². The number of hydrogen-bond acceptors (Lipinski definition) is 4. The van der Waals surface area contributed by atoms with E-state index in [1.165, 1.54) is 0 Å². The lowest BCUT2D eigenvalue weighted by Gasteiger charge is -2.03. The molecule has 1 saturated carbocycles. The second kappa shape index (κ2) is 4.13. The molecule has 1 N–H and O–H groups in total. The molecule has 1 aliphatic carbocycles. The molecule has 1 aromatic rings. The van der Waals surface area contributed by atoms with Gasteiger partial charge >= 0.3 is 5.97 Å². The lowest BCUT2D eigenvalue weighted by molar-refractivity contribution is -0.137. The number of carbonyl (C=O) groups is 1. The highest BCUT2D eigenvalue weighted by Gasteiger charge is 2.50. The maximum Gasteiger partial charge on any atom is 0.303 e. The van der Waals surface area contributed by atoms with E-state index in [9.17, 15) is 4.79 Å². The summed E-state index contributed by atoms with van der Waals surface area (Å²) in [6, 6.07) is 0. The van der Waals surface area contributed by atoms with Gasteiger partial charge in [0.25, 0.3) is 0 Å². The molecular weight excluding hydrogens is 220 g/mol. The summed E-state index contributed by atoms with van der Waals surface area (Å²) in [7, 11) is 0. The molecule has 0 radical (unpaired) electrons. The van der Waals surface area contributed by atoms with Crippen LogP contribution in [0.4, 0.5) is 0 Å². The molecule has 2 unspecified atom stereocenters. The number of rotatable bonds is 5. The number of aromatic nitrogens is 2. The number of hydrogen-bond donors (Lipinski definition) is 1. The number of carboxylic acid groups (broad SMARTS) is 1. The fraction of sp³-hybridized carbons (Fsp3) is 0.750. The summed E-state index contributed by atoms with van der Waals surface area (Å²) >= 11 is 0. The molecule has 2 atom stereocenters. The van der Waals surface area contributed by atoms with Gasteiger partial charge < -0.3 is 9.52 Å². The van der Waals surface area contributed by atoms with Gasteiger partial charge in [0, 0.05) is 18.8 Å². The van der Waals surface area contributed by atoms with Crippen molar-refractivity contribution in [3.8, 4) is 0 Å². The van der Waals surface area contributed by atoms with Crippen molar-refractivity contribution >= 4 is 5.97 Å². The Labute approximate surface area is 100 Å². The second-order valence-electron chi connectivity index (χ2n) is 5.69. The van der Waals surface area contributed by atoms with Crippen molar-refractivity contribution in [2.24, 2.45) is 11.3 Å². The van der Waals surface area contributed by atoms with E-state index in [2.05, 4.69) is 24.0 Å². The predicted octanol–water partition coefficient (Wildman–Crippen LogP) is 2.24. The fourth-order valence-electron chi connectivity index (χ4n) is 2.05. The molecule has 2 rings (SSSR count). The lowest BCUT2D eigenvalue weighted by Crippen LogP contribution is -2.07. The highest BCUT2D eigenvalue weighted by Crippen LogP contribution is 2.58. The van der Waals surface area contributed by atoms with Crippen molar-refractivity contribution in [2.75, 3.05) is 0 Å². The van der Waals surface area contributed by atoms with Crippen molar-refractivity contribution < 1.29 is 14.3 Å². The Kier molecular flexibility index (Phi) is 2.93. The topological polar surface area (TPSA) is 76.2 Å². The summed E-state index contributed by atoms with van der Waals surface area (Å²) in [5, 5.41) is 16.7. The molecule has 17 heavy (non-hydrogen) atoms. The normalized spacial score (nSPS) is 23.4. The third-order valence-electron chi connectivity index (χ3n) is 3.34. The van der Waals surface area contributed by atoms with Crippen LogP contribution in [-0.2, 0) is 11.2 Å². The zero-order valence-corrected chi connectivity index (χ0v) is 10.4. The minimum absolute atomic E-state index is 0.0213. The third-order valence-corrected chi connectivity index (χ3v) is 3.34. The van der Waals surface area contributed by atoms with Crippen LogP contribution in [0.25, 0.3) is 0 Å². The van der Waals surface area contributed by atoms with Crippen molar-refractivity contribution in [3.63, 3.8) is 0 Å². The zero-order valence-electron chi connectivity index (χ0n) is 10.4. The van der Waals surface area contributed by atoms with Crippen LogP contribution in [0.1, 0.15) is 51.3 Å². The first-order valence-corrected chi connectivity index (χ1v) is 5.92. The summed E-state index contributed by atoms with van der Waals surface area (Å²) in [5.41, 5.74) is 0.274. The zero-order chi connectivity index (χ0) is 12.6. The quantitative estimate of drug-likeness (QED) is 0.851. The number of nitrogens with zero attached hydrogens (tertiary/aromatic N) is 2. The molecule has 94 valence electrons. The van der Waals surface area contributed by atoms with Crippen molar-refractivity contribution in [1.29, 1.82) is 0 Å². The van der Waals surface area contributed by atoms with Gasteiger partial charge in [-0.15, -0.1) is 10.2 Å². The molecule has 5 nitrogen and oxygen atoms in total. The van der Waals surface area contributed by atoms with Crippen LogP contribution in [0.5, 0.6) is 0 Å². The monoisotopic (exact) mass is 238 g/mol. The maximum absolute atomic E-state index is 10.5. The van der Waals surface area contributed by atoms with Gasteiger partial charge in [-0.3, -0.25) is 4.79 Å². The molecule has 0 aromatic carbocycles. The van der Waals surface area contributed by atoms with Gasteiger partial charge in [-0.1, -0.05) is 20.8 Å². The van der Waals surface area contributed by atoms with Crippen LogP contribution in [0.3, 0.4) is 0 Å². The summed E-state index contributed by atoms with van der Waals surface area (Å²) in [5.74, 6) is 0.857. The van der Waals surface area contributed by atoms with Gasteiger partial charge in [0.05, 0.1) is 0 Å². The molecule has 1 heterocycles. The van der Waals surface area contributed by atoms with Gasteiger partial charge in [-0.05, 0) is 17.8 Å². The molecule has 0 aliphatic heterocycles. The van der Waals surface area contributed by atoms with Crippen molar-refractivity contribution in [1.82, 2.24) is 10.2 Å².